The first-order chi connectivity index (χ1) is 6.46. The summed E-state index contributed by atoms with van der Waals surface area (Å²) in [7, 11) is 0. The zero-order chi connectivity index (χ0) is 10.8. The molecule has 1 aromatic rings. The molecule has 2 N–H and O–H groups in total. The third kappa shape index (κ3) is 2.22. The van der Waals surface area contributed by atoms with Gasteiger partial charge < -0.3 is 5.11 Å². The summed E-state index contributed by atoms with van der Waals surface area (Å²) < 4.78 is 36.9. The smallest absolute Gasteiger partial charge is 0.362 e. The monoisotopic (exact) mass is 208 g/mol. The highest BCUT2D eigenvalue weighted by atomic mass is 19.4. The lowest BCUT2D eigenvalue weighted by Crippen LogP contribution is -2.12. The van der Waals surface area contributed by atoms with Gasteiger partial charge in [-0.3, -0.25) is 0 Å². The minimum absolute atomic E-state index is 0.525. The number of benzene rings is 1. The summed E-state index contributed by atoms with van der Waals surface area (Å²) in [6.45, 7) is 0. The predicted octanol–water partition coefficient (Wildman–Crippen LogP) is 2.19. The lowest BCUT2D eigenvalue weighted by Gasteiger charge is -2.14. The summed E-state index contributed by atoms with van der Waals surface area (Å²) in [5.41, 5.74) is -1.57. The van der Waals surface area contributed by atoms with E-state index in [-0.39, 0.29) is 0 Å². The summed E-state index contributed by atoms with van der Waals surface area (Å²) in [4.78, 5) is 3.43. The molecule has 1 rings (SSSR count). The summed E-state index contributed by atoms with van der Waals surface area (Å²) >= 11 is 0. The Bertz CT molecular complexity index is 311. The van der Waals surface area contributed by atoms with Crippen LogP contribution in [0.4, 0.5) is 13.2 Å². The highest BCUT2D eigenvalue weighted by Crippen LogP contribution is 2.34. The number of hydrogen-bond donors (Lipinski definition) is 2. The molecule has 0 aromatic heterocycles. The van der Waals surface area contributed by atoms with Crippen LogP contribution in [-0.4, -0.2) is 10.4 Å². The van der Waals surface area contributed by atoms with Crippen molar-refractivity contribution in [2.24, 2.45) is 0 Å². The van der Waals surface area contributed by atoms with E-state index in [1.807, 2.05) is 0 Å². The van der Waals surface area contributed by atoms with E-state index in [0.29, 0.717) is 0 Å². The molecule has 0 spiro atoms. The molecule has 6 heteroatoms. The maximum atomic E-state index is 12.3. The van der Waals surface area contributed by atoms with Crippen molar-refractivity contribution < 1.29 is 28.4 Å². The average molecular weight is 208 g/mol. The second-order valence-electron chi connectivity index (χ2n) is 2.54. The largest absolute Gasteiger partial charge is 0.416 e. The molecule has 1 atom stereocenters. The quantitative estimate of drug-likeness (QED) is 0.445. The second kappa shape index (κ2) is 3.95. The fourth-order valence-electron chi connectivity index (χ4n) is 1.03. The van der Waals surface area contributed by atoms with Crippen molar-refractivity contribution in [3.63, 3.8) is 0 Å². The van der Waals surface area contributed by atoms with Crippen LogP contribution in [0, 0.1) is 0 Å². The number of halogens is 3. The van der Waals surface area contributed by atoms with E-state index in [9.17, 15) is 13.2 Å². The summed E-state index contributed by atoms with van der Waals surface area (Å²) in [5.74, 6) is 0. The van der Waals surface area contributed by atoms with Crippen LogP contribution in [0.3, 0.4) is 0 Å². The highest BCUT2D eigenvalue weighted by Gasteiger charge is 2.34. The van der Waals surface area contributed by atoms with E-state index in [1.54, 1.807) is 0 Å². The summed E-state index contributed by atoms with van der Waals surface area (Å²) in [6, 6.07) is 4.28. The van der Waals surface area contributed by atoms with Crippen molar-refractivity contribution in [1.82, 2.24) is 0 Å². The van der Waals surface area contributed by atoms with Crippen molar-refractivity contribution >= 4 is 0 Å². The van der Waals surface area contributed by atoms with Crippen molar-refractivity contribution in [2.75, 3.05) is 0 Å². The second-order valence-corrected chi connectivity index (χ2v) is 2.54. The van der Waals surface area contributed by atoms with Gasteiger partial charge in [0.1, 0.15) is 0 Å². The van der Waals surface area contributed by atoms with Gasteiger partial charge in [0, 0.05) is 5.56 Å². The molecule has 0 bridgehead atoms. The molecule has 0 aliphatic rings. The van der Waals surface area contributed by atoms with Gasteiger partial charge in [-0.15, -0.1) is 0 Å². The number of rotatable bonds is 2. The Morgan fingerprint density at radius 3 is 2.29 bits per heavy atom. The van der Waals surface area contributed by atoms with Crippen LogP contribution in [-0.2, 0) is 11.1 Å². The maximum Gasteiger partial charge on any atom is 0.416 e. The zero-order valence-corrected chi connectivity index (χ0v) is 6.82. The van der Waals surface area contributed by atoms with E-state index in [2.05, 4.69) is 4.89 Å². The summed E-state index contributed by atoms with van der Waals surface area (Å²) in [6.07, 6.45) is -6.58. The number of aliphatic hydroxyl groups is 1. The van der Waals surface area contributed by atoms with Crippen LogP contribution in [0.5, 0.6) is 0 Å². The molecule has 0 aliphatic carbocycles. The SMILES string of the molecule is OOC(O)c1ccccc1C(F)(F)F. The van der Waals surface area contributed by atoms with Crippen molar-refractivity contribution in [3.05, 3.63) is 35.4 Å². The van der Waals surface area contributed by atoms with Crippen LogP contribution >= 0.6 is 0 Å². The van der Waals surface area contributed by atoms with Gasteiger partial charge in [-0.2, -0.15) is 13.2 Å². The topological polar surface area (TPSA) is 49.7 Å². The first-order valence-electron chi connectivity index (χ1n) is 3.61. The normalized spacial score (nSPS) is 14.1. The molecule has 0 heterocycles. The standard InChI is InChI=1S/C8H7F3O3/c9-8(10,11)6-4-2-1-3-5(6)7(12)14-13/h1-4,7,12-13H. The van der Waals surface area contributed by atoms with Crippen LogP contribution in [0.25, 0.3) is 0 Å². The molecule has 1 aromatic carbocycles. The predicted molar refractivity (Wildman–Crippen MR) is 40.1 cm³/mol. The van der Waals surface area contributed by atoms with Crippen LogP contribution in [0.1, 0.15) is 17.4 Å². The summed E-state index contributed by atoms with van der Waals surface area (Å²) in [5, 5.41) is 17.0. The first-order valence-corrected chi connectivity index (χ1v) is 3.61. The molecule has 14 heavy (non-hydrogen) atoms. The number of hydrogen-bond acceptors (Lipinski definition) is 3. The molecule has 0 aliphatic heterocycles. The Hall–Kier alpha value is -1.11. The molecule has 0 saturated carbocycles. The van der Waals surface area contributed by atoms with Crippen LogP contribution in [0.2, 0.25) is 0 Å². The highest BCUT2D eigenvalue weighted by molar-refractivity contribution is 5.30. The van der Waals surface area contributed by atoms with Crippen molar-refractivity contribution in [3.8, 4) is 0 Å². The molecule has 0 saturated heterocycles. The maximum absolute atomic E-state index is 12.3. The fraction of sp³-hybridized carbons (Fsp3) is 0.250. The molecule has 1 unspecified atom stereocenters. The first kappa shape index (κ1) is 11.0. The Morgan fingerprint density at radius 1 is 1.21 bits per heavy atom. The Kier molecular flexibility index (Phi) is 3.10. The van der Waals surface area contributed by atoms with Crippen LogP contribution in [0.15, 0.2) is 24.3 Å². The van der Waals surface area contributed by atoms with Gasteiger partial charge in [0.2, 0.25) is 6.29 Å². The van der Waals surface area contributed by atoms with E-state index >= 15 is 0 Å². The van der Waals surface area contributed by atoms with E-state index in [1.165, 1.54) is 12.1 Å². The van der Waals surface area contributed by atoms with E-state index < -0.39 is 23.6 Å². The minimum atomic E-state index is -4.59. The minimum Gasteiger partial charge on any atom is -0.362 e. The van der Waals surface area contributed by atoms with Gasteiger partial charge in [0.15, 0.2) is 0 Å². The molecule has 0 fully saturated rings. The van der Waals surface area contributed by atoms with Gasteiger partial charge >= 0.3 is 6.18 Å². The Balaban J connectivity index is 3.16. The van der Waals surface area contributed by atoms with Gasteiger partial charge in [-0.05, 0) is 6.07 Å². The molecule has 0 amide bonds. The Morgan fingerprint density at radius 2 is 1.79 bits per heavy atom. The van der Waals surface area contributed by atoms with Gasteiger partial charge in [-0.1, -0.05) is 18.2 Å². The van der Waals surface area contributed by atoms with E-state index in [0.717, 1.165) is 12.1 Å². The van der Waals surface area contributed by atoms with Crippen molar-refractivity contribution in [2.45, 2.75) is 12.5 Å². The molecular weight excluding hydrogens is 201 g/mol. The number of alkyl halides is 3. The fourth-order valence-corrected chi connectivity index (χ4v) is 1.03. The van der Waals surface area contributed by atoms with Crippen molar-refractivity contribution in [1.29, 1.82) is 0 Å². The van der Waals surface area contributed by atoms with Crippen LogP contribution < -0.4 is 0 Å². The zero-order valence-electron chi connectivity index (χ0n) is 6.82. The molecule has 3 nitrogen and oxygen atoms in total. The molecule has 0 radical (unpaired) electrons. The lowest BCUT2D eigenvalue weighted by atomic mass is 10.1. The Labute approximate surface area is 77.3 Å². The lowest BCUT2D eigenvalue weighted by molar-refractivity contribution is -0.339. The van der Waals surface area contributed by atoms with E-state index in [4.69, 9.17) is 10.4 Å². The average Bonchev–Trinajstić information content (AvgIpc) is 2.15. The van der Waals surface area contributed by atoms with Gasteiger partial charge in [0.25, 0.3) is 0 Å². The third-order valence-corrected chi connectivity index (χ3v) is 1.63. The molecular formula is C8H7F3O3. The van der Waals surface area contributed by atoms with Gasteiger partial charge in [-0.25, -0.2) is 10.1 Å². The molecule has 78 valence electrons. The third-order valence-electron chi connectivity index (χ3n) is 1.63. The number of aliphatic hydroxyl groups excluding tert-OH is 1. The van der Waals surface area contributed by atoms with Gasteiger partial charge in [0.05, 0.1) is 5.56 Å².